The van der Waals surface area contributed by atoms with Gasteiger partial charge < -0.3 is 14.0 Å². The number of aryl methyl sites for hydroxylation is 3. The number of piperidine rings is 1. The van der Waals surface area contributed by atoms with Gasteiger partial charge in [0, 0.05) is 44.1 Å². The van der Waals surface area contributed by atoms with E-state index in [1.807, 2.05) is 48.8 Å². The normalized spacial score (nSPS) is 18.0. The third-order valence-corrected chi connectivity index (χ3v) is 4.91. The van der Waals surface area contributed by atoms with Crippen LogP contribution in [0, 0.1) is 13.8 Å². The smallest absolute Gasteiger partial charge is 0.258 e. The van der Waals surface area contributed by atoms with Gasteiger partial charge in [-0.2, -0.15) is 0 Å². The molecule has 1 atom stereocenters. The van der Waals surface area contributed by atoms with E-state index < -0.39 is 0 Å². The topological polar surface area (TPSA) is 77.0 Å². The molecule has 0 N–H and O–H groups in total. The summed E-state index contributed by atoms with van der Waals surface area (Å²) in [5.41, 5.74) is 2.51. The van der Waals surface area contributed by atoms with E-state index in [-0.39, 0.29) is 11.8 Å². The first-order chi connectivity index (χ1) is 12.0. The number of amides is 1. The Morgan fingerprint density at radius 3 is 2.96 bits per heavy atom. The zero-order valence-electron chi connectivity index (χ0n) is 14.7. The molecule has 1 fully saturated rings. The second kappa shape index (κ2) is 5.98. The molecule has 3 aromatic heterocycles. The van der Waals surface area contributed by atoms with Crippen LogP contribution in [0.25, 0.3) is 11.1 Å². The van der Waals surface area contributed by atoms with Crippen molar-refractivity contribution in [2.75, 3.05) is 13.1 Å². The average molecular weight is 339 g/mol. The predicted molar refractivity (Wildman–Crippen MR) is 92.4 cm³/mol. The highest BCUT2D eigenvalue weighted by molar-refractivity contribution is 6.06. The minimum atomic E-state index is 0.0145. The maximum Gasteiger partial charge on any atom is 0.258 e. The Balaban J connectivity index is 1.67. The number of carbonyl (C=O) groups is 1. The highest BCUT2D eigenvalue weighted by atomic mass is 16.5. The third-order valence-electron chi connectivity index (χ3n) is 4.91. The van der Waals surface area contributed by atoms with Crippen LogP contribution in [0.3, 0.4) is 0 Å². The average Bonchev–Trinajstić information content (AvgIpc) is 3.19. The van der Waals surface area contributed by atoms with Gasteiger partial charge in [-0.25, -0.2) is 9.97 Å². The van der Waals surface area contributed by atoms with Gasteiger partial charge in [0.2, 0.25) is 0 Å². The van der Waals surface area contributed by atoms with Crippen molar-refractivity contribution in [1.82, 2.24) is 24.6 Å². The van der Waals surface area contributed by atoms with Crippen LogP contribution >= 0.6 is 0 Å². The summed E-state index contributed by atoms with van der Waals surface area (Å²) in [6.07, 6.45) is 5.78. The molecule has 0 unspecified atom stereocenters. The Kier molecular flexibility index (Phi) is 3.78. The molecule has 0 saturated carbocycles. The molecule has 7 heteroatoms. The van der Waals surface area contributed by atoms with Gasteiger partial charge in [0.1, 0.15) is 5.82 Å². The van der Waals surface area contributed by atoms with E-state index in [0.717, 1.165) is 36.3 Å². The molecule has 3 aromatic rings. The zero-order valence-corrected chi connectivity index (χ0v) is 14.7. The fraction of sp³-hybridized carbons (Fsp3) is 0.444. The zero-order chi connectivity index (χ0) is 17.6. The van der Waals surface area contributed by atoms with E-state index in [4.69, 9.17) is 4.52 Å². The molecule has 25 heavy (non-hydrogen) atoms. The van der Waals surface area contributed by atoms with E-state index >= 15 is 0 Å². The van der Waals surface area contributed by atoms with Crippen molar-refractivity contribution in [2.45, 2.75) is 32.6 Å². The lowest BCUT2D eigenvalue weighted by Gasteiger charge is -2.32. The van der Waals surface area contributed by atoms with Crippen molar-refractivity contribution >= 4 is 17.0 Å². The SMILES string of the molecule is Cc1cc(C(=O)N2CCC[C@H](c3nccn3C)C2)c2c(C)noc2n1. The molecule has 1 saturated heterocycles. The molecule has 0 bridgehead atoms. The van der Waals surface area contributed by atoms with Gasteiger partial charge in [0.15, 0.2) is 0 Å². The van der Waals surface area contributed by atoms with Crippen LogP contribution in [0.1, 0.15) is 46.3 Å². The number of aromatic nitrogens is 4. The molecule has 7 nitrogen and oxygen atoms in total. The molecule has 4 rings (SSSR count). The molecular weight excluding hydrogens is 318 g/mol. The van der Waals surface area contributed by atoms with Gasteiger partial charge in [0.05, 0.1) is 16.6 Å². The molecule has 130 valence electrons. The van der Waals surface area contributed by atoms with Gasteiger partial charge in [0.25, 0.3) is 11.6 Å². The van der Waals surface area contributed by atoms with Crippen molar-refractivity contribution in [3.05, 3.63) is 41.2 Å². The molecule has 4 heterocycles. The summed E-state index contributed by atoms with van der Waals surface area (Å²) in [5.74, 6) is 1.31. The van der Waals surface area contributed by atoms with Gasteiger partial charge in [-0.1, -0.05) is 5.16 Å². The number of imidazole rings is 1. The second-order valence-electron chi connectivity index (χ2n) is 6.75. The maximum absolute atomic E-state index is 13.2. The summed E-state index contributed by atoms with van der Waals surface area (Å²) in [6.45, 7) is 5.14. The van der Waals surface area contributed by atoms with Crippen molar-refractivity contribution in [2.24, 2.45) is 7.05 Å². The minimum Gasteiger partial charge on any atom is -0.338 e. The number of fused-ring (bicyclic) bond motifs is 1. The molecule has 1 aliphatic heterocycles. The van der Waals surface area contributed by atoms with Crippen molar-refractivity contribution in [3.63, 3.8) is 0 Å². The quantitative estimate of drug-likeness (QED) is 0.717. The van der Waals surface area contributed by atoms with Gasteiger partial charge in [-0.3, -0.25) is 4.79 Å². The van der Waals surface area contributed by atoms with Gasteiger partial charge in [-0.05, 0) is 32.8 Å². The molecule has 0 radical (unpaired) electrons. The summed E-state index contributed by atoms with van der Waals surface area (Å²) in [5, 5.41) is 4.69. The van der Waals surface area contributed by atoms with E-state index in [1.165, 1.54) is 0 Å². The predicted octanol–water partition coefficient (Wildman–Crippen LogP) is 2.59. The van der Waals surface area contributed by atoms with Gasteiger partial charge in [-0.15, -0.1) is 0 Å². The van der Waals surface area contributed by atoms with Crippen LogP contribution in [-0.4, -0.2) is 43.6 Å². The fourth-order valence-electron chi connectivity index (χ4n) is 3.70. The van der Waals surface area contributed by atoms with Crippen molar-refractivity contribution in [3.8, 4) is 0 Å². The number of carbonyl (C=O) groups excluding carboxylic acids is 1. The highest BCUT2D eigenvalue weighted by Gasteiger charge is 2.29. The van der Waals surface area contributed by atoms with Crippen LogP contribution in [0.2, 0.25) is 0 Å². The molecule has 0 spiro atoms. The van der Waals surface area contributed by atoms with Crippen LogP contribution in [-0.2, 0) is 7.05 Å². The number of hydrogen-bond donors (Lipinski definition) is 0. The molecule has 1 aliphatic rings. The fourth-order valence-corrected chi connectivity index (χ4v) is 3.70. The Morgan fingerprint density at radius 2 is 2.20 bits per heavy atom. The standard InChI is InChI=1S/C18H21N5O2/c1-11-9-14(15-12(2)21-25-17(15)20-11)18(24)23-7-4-5-13(10-23)16-19-6-8-22(16)3/h6,8-9,13H,4-5,7,10H2,1-3H3/t13-/m0/s1. The molecule has 0 aliphatic carbocycles. The van der Waals surface area contributed by atoms with Gasteiger partial charge >= 0.3 is 0 Å². The summed E-state index contributed by atoms with van der Waals surface area (Å²) in [7, 11) is 2.00. The molecular formula is C18H21N5O2. The lowest BCUT2D eigenvalue weighted by molar-refractivity contribution is 0.0705. The largest absolute Gasteiger partial charge is 0.338 e. The number of nitrogens with zero attached hydrogens (tertiary/aromatic N) is 5. The Bertz CT molecular complexity index is 942. The maximum atomic E-state index is 13.2. The minimum absolute atomic E-state index is 0.0145. The lowest BCUT2D eigenvalue weighted by atomic mass is 9.96. The summed E-state index contributed by atoms with van der Waals surface area (Å²) in [6, 6.07) is 1.83. The van der Waals surface area contributed by atoms with Crippen molar-refractivity contribution < 1.29 is 9.32 Å². The second-order valence-corrected chi connectivity index (χ2v) is 6.75. The number of likely N-dealkylation sites (tertiary alicyclic amines) is 1. The highest BCUT2D eigenvalue weighted by Crippen LogP contribution is 2.29. The summed E-state index contributed by atoms with van der Waals surface area (Å²) in [4.78, 5) is 23.9. The van der Waals surface area contributed by atoms with E-state index in [9.17, 15) is 4.79 Å². The van der Waals surface area contributed by atoms with E-state index in [1.54, 1.807) is 0 Å². The molecule has 0 aromatic carbocycles. The Labute approximate surface area is 145 Å². The Hall–Kier alpha value is -2.70. The monoisotopic (exact) mass is 339 g/mol. The van der Waals surface area contributed by atoms with E-state index in [2.05, 4.69) is 15.1 Å². The lowest BCUT2D eigenvalue weighted by Crippen LogP contribution is -2.39. The first-order valence-corrected chi connectivity index (χ1v) is 8.54. The van der Waals surface area contributed by atoms with Crippen molar-refractivity contribution in [1.29, 1.82) is 0 Å². The van der Waals surface area contributed by atoms with Crippen LogP contribution in [0.5, 0.6) is 0 Å². The van der Waals surface area contributed by atoms with Crippen LogP contribution in [0.15, 0.2) is 23.0 Å². The van der Waals surface area contributed by atoms with Crippen LogP contribution in [0.4, 0.5) is 0 Å². The summed E-state index contributed by atoms with van der Waals surface area (Å²) >= 11 is 0. The molecule has 1 amide bonds. The number of pyridine rings is 1. The van der Waals surface area contributed by atoms with Crippen LogP contribution < -0.4 is 0 Å². The first-order valence-electron chi connectivity index (χ1n) is 8.54. The Morgan fingerprint density at radius 1 is 1.36 bits per heavy atom. The summed E-state index contributed by atoms with van der Waals surface area (Å²) < 4.78 is 7.30. The number of hydrogen-bond acceptors (Lipinski definition) is 5. The first kappa shape index (κ1) is 15.8. The number of rotatable bonds is 2. The van der Waals surface area contributed by atoms with E-state index in [0.29, 0.717) is 23.5 Å². The third kappa shape index (κ3) is 2.69.